The first-order valence-corrected chi connectivity index (χ1v) is 5.96. The van der Waals surface area contributed by atoms with E-state index in [4.69, 9.17) is 0 Å². The van der Waals surface area contributed by atoms with E-state index >= 15 is 0 Å². The van der Waals surface area contributed by atoms with Crippen molar-refractivity contribution in [3.05, 3.63) is 0 Å². The Morgan fingerprint density at radius 1 is 1.44 bits per heavy atom. The van der Waals surface area contributed by atoms with Crippen molar-refractivity contribution < 1.29 is 9.59 Å². The molecule has 2 aliphatic heterocycles. The maximum atomic E-state index is 11.6. The molecule has 0 bridgehead atoms. The van der Waals surface area contributed by atoms with Gasteiger partial charge in [0.2, 0.25) is 11.8 Å². The lowest BCUT2D eigenvalue weighted by Crippen LogP contribution is -2.52. The minimum Gasteiger partial charge on any atom is -0.318 e. The van der Waals surface area contributed by atoms with Gasteiger partial charge >= 0.3 is 0 Å². The van der Waals surface area contributed by atoms with Gasteiger partial charge in [-0.1, -0.05) is 6.42 Å². The second-order valence-electron chi connectivity index (χ2n) is 4.58. The van der Waals surface area contributed by atoms with Crippen LogP contribution in [0.25, 0.3) is 0 Å². The number of likely N-dealkylation sites (N-methyl/N-ethyl adjacent to an activating group) is 1. The molecule has 2 amide bonds. The van der Waals surface area contributed by atoms with Crippen LogP contribution in [0.3, 0.4) is 0 Å². The molecule has 90 valence electrons. The summed E-state index contributed by atoms with van der Waals surface area (Å²) < 4.78 is 0. The quantitative estimate of drug-likeness (QED) is 0.634. The summed E-state index contributed by atoms with van der Waals surface area (Å²) in [6.07, 6.45) is 3.78. The molecule has 2 fully saturated rings. The standard InChI is InChI=1S/C11H19N3O2/c1-12-7-8-4-2-3-5-14(8)9-6-10(15)13-11(9)16/h8-9,12H,2-7H2,1H3,(H,13,15,16). The van der Waals surface area contributed by atoms with Crippen molar-refractivity contribution in [3.63, 3.8) is 0 Å². The molecule has 2 heterocycles. The largest absolute Gasteiger partial charge is 0.318 e. The van der Waals surface area contributed by atoms with Gasteiger partial charge < -0.3 is 5.32 Å². The molecule has 5 heteroatoms. The van der Waals surface area contributed by atoms with Gasteiger partial charge in [0.05, 0.1) is 12.5 Å². The molecule has 2 unspecified atom stereocenters. The average molecular weight is 225 g/mol. The van der Waals surface area contributed by atoms with Crippen molar-refractivity contribution in [1.82, 2.24) is 15.5 Å². The molecule has 2 aliphatic rings. The highest BCUT2D eigenvalue weighted by Crippen LogP contribution is 2.22. The number of nitrogens with zero attached hydrogens (tertiary/aromatic N) is 1. The van der Waals surface area contributed by atoms with Gasteiger partial charge in [0.1, 0.15) is 0 Å². The third kappa shape index (κ3) is 2.25. The van der Waals surface area contributed by atoms with Gasteiger partial charge in [-0.25, -0.2) is 0 Å². The molecule has 0 spiro atoms. The van der Waals surface area contributed by atoms with Gasteiger partial charge in [-0.15, -0.1) is 0 Å². The van der Waals surface area contributed by atoms with Gasteiger partial charge in [-0.2, -0.15) is 0 Å². The molecule has 0 aromatic heterocycles. The van der Waals surface area contributed by atoms with Crippen molar-refractivity contribution in [2.45, 2.75) is 37.8 Å². The number of amides is 2. The van der Waals surface area contributed by atoms with E-state index in [9.17, 15) is 9.59 Å². The fraction of sp³-hybridized carbons (Fsp3) is 0.818. The molecule has 0 aromatic rings. The van der Waals surface area contributed by atoms with Crippen LogP contribution in [0.2, 0.25) is 0 Å². The van der Waals surface area contributed by atoms with Gasteiger partial charge in [0.15, 0.2) is 0 Å². The van der Waals surface area contributed by atoms with Crippen LogP contribution in [-0.4, -0.2) is 48.9 Å². The van der Waals surface area contributed by atoms with Gasteiger partial charge in [0, 0.05) is 12.6 Å². The number of hydrogen-bond donors (Lipinski definition) is 2. The highest BCUT2D eigenvalue weighted by Gasteiger charge is 2.38. The minimum absolute atomic E-state index is 0.118. The Balaban J connectivity index is 2.04. The molecule has 0 aliphatic carbocycles. The van der Waals surface area contributed by atoms with Crippen LogP contribution in [-0.2, 0) is 9.59 Å². The number of hydrogen-bond acceptors (Lipinski definition) is 4. The first-order chi connectivity index (χ1) is 7.72. The Labute approximate surface area is 95.6 Å². The second-order valence-corrected chi connectivity index (χ2v) is 4.58. The van der Waals surface area contributed by atoms with E-state index in [1.807, 2.05) is 7.05 Å². The highest BCUT2D eigenvalue weighted by atomic mass is 16.2. The van der Waals surface area contributed by atoms with E-state index in [2.05, 4.69) is 15.5 Å². The Hall–Kier alpha value is -0.940. The fourth-order valence-corrected chi connectivity index (χ4v) is 2.70. The van der Waals surface area contributed by atoms with Crippen molar-refractivity contribution in [2.24, 2.45) is 0 Å². The summed E-state index contributed by atoms with van der Waals surface area (Å²) in [5.74, 6) is -0.253. The van der Waals surface area contributed by atoms with Crippen molar-refractivity contribution in [2.75, 3.05) is 20.1 Å². The van der Waals surface area contributed by atoms with Gasteiger partial charge in [0.25, 0.3) is 0 Å². The molecule has 2 atom stereocenters. The molecule has 0 aromatic carbocycles. The number of carbonyl (C=O) groups is 2. The van der Waals surface area contributed by atoms with Crippen LogP contribution in [0.5, 0.6) is 0 Å². The minimum atomic E-state index is -0.230. The third-order valence-corrected chi connectivity index (χ3v) is 3.46. The Morgan fingerprint density at radius 2 is 2.25 bits per heavy atom. The maximum absolute atomic E-state index is 11.6. The lowest BCUT2D eigenvalue weighted by atomic mass is 9.99. The molecule has 0 radical (unpaired) electrons. The summed E-state index contributed by atoms with van der Waals surface area (Å²) in [4.78, 5) is 25.0. The van der Waals surface area contributed by atoms with Crippen LogP contribution >= 0.6 is 0 Å². The monoisotopic (exact) mass is 225 g/mol. The Morgan fingerprint density at radius 3 is 2.88 bits per heavy atom. The van der Waals surface area contributed by atoms with E-state index in [-0.39, 0.29) is 17.9 Å². The van der Waals surface area contributed by atoms with Crippen LogP contribution in [0, 0.1) is 0 Å². The zero-order valence-corrected chi connectivity index (χ0v) is 9.66. The molecule has 16 heavy (non-hydrogen) atoms. The molecule has 5 nitrogen and oxygen atoms in total. The SMILES string of the molecule is CNCC1CCCCN1C1CC(=O)NC1=O. The average Bonchev–Trinajstić information content (AvgIpc) is 2.59. The Bertz CT molecular complexity index is 291. The van der Waals surface area contributed by atoms with Crippen molar-refractivity contribution >= 4 is 11.8 Å². The van der Waals surface area contributed by atoms with Gasteiger partial charge in [-0.3, -0.25) is 19.8 Å². The second kappa shape index (κ2) is 4.93. The van der Waals surface area contributed by atoms with Crippen LogP contribution in [0.1, 0.15) is 25.7 Å². The summed E-state index contributed by atoms with van der Waals surface area (Å²) in [5, 5.41) is 5.55. The van der Waals surface area contributed by atoms with Crippen LogP contribution in [0.4, 0.5) is 0 Å². The van der Waals surface area contributed by atoms with Crippen molar-refractivity contribution in [3.8, 4) is 0 Å². The van der Waals surface area contributed by atoms with E-state index < -0.39 is 0 Å². The van der Waals surface area contributed by atoms with Crippen molar-refractivity contribution in [1.29, 1.82) is 0 Å². The number of carbonyl (C=O) groups excluding carboxylic acids is 2. The van der Waals surface area contributed by atoms with E-state index in [0.717, 1.165) is 25.9 Å². The maximum Gasteiger partial charge on any atom is 0.244 e. The number of imide groups is 1. The Kier molecular flexibility index (Phi) is 3.56. The summed E-state index contributed by atoms with van der Waals surface area (Å²) >= 11 is 0. The first-order valence-electron chi connectivity index (χ1n) is 5.96. The lowest BCUT2D eigenvalue weighted by Gasteiger charge is -2.38. The molecular weight excluding hydrogens is 206 g/mol. The zero-order chi connectivity index (χ0) is 11.5. The smallest absolute Gasteiger partial charge is 0.244 e. The summed E-state index contributed by atoms with van der Waals surface area (Å²) in [6.45, 7) is 1.82. The predicted octanol–water partition coefficient (Wildman–Crippen LogP) is -0.525. The summed E-state index contributed by atoms with van der Waals surface area (Å²) in [7, 11) is 1.92. The fourth-order valence-electron chi connectivity index (χ4n) is 2.70. The molecular formula is C11H19N3O2. The predicted molar refractivity (Wildman–Crippen MR) is 59.8 cm³/mol. The van der Waals surface area contributed by atoms with Crippen LogP contribution < -0.4 is 10.6 Å². The number of piperidine rings is 1. The van der Waals surface area contributed by atoms with Gasteiger partial charge in [-0.05, 0) is 26.4 Å². The molecule has 2 saturated heterocycles. The zero-order valence-electron chi connectivity index (χ0n) is 9.66. The van der Waals surface area contributed by atoms with Crippen LogP contribution in [0.15, 0.2) is 0 Å². The summed E-state index contributed by atoms with van der Waals surface area (Å²) in [6, 6.07) is 0.159. The van der Waals surface area contributed by atoms with E-state index in [1.54, 1.807) is 0 Å². The molecule has 0 saturated carbocycles. The number of nitrogens with one attached hydrogen (secondary N) is 2. The first kappa shape index (κ1) is 11.5. The molecule has 2 rings (SSSR count). The third-order valence-electron chi connectivity index (χ3n) is 3.46. The summed E-state index contributed by atoms with van der Waals surface area (Å²) in [5.41, 5.74) is 0. The lowest BCUT2D eigenvalue weighted by molar-refractivity contribution is -0.127. The van der Waals surface area contributed by atoms with E-state index in [0.29, 0.717) is 12.5 Å². The number of likely N-dealkylation sites (tertiary alicyclic amines) is 1. The van der Waals surface area contributed by atoms with E-state index in [1.165, 1.54) is 6.42 Å². The topological polar surface area (TPSA) is 61.4 Å². The highest BCUT2D eigenvalue weighted by molar-refractivity contribution is 6.05. The molecule has 2 N–H and O–H groups in total. The number of rotatable bonds is 3. The normalized spacial score (nSPS) is 31.8.